The molecule has 0 aromatic heterocycles. The molecule has 0 aromatic rings. The van der Waals surface area contributed by atoms with Gasteiger partial charge in [0.25, 0.3) is 0 Å². The largest absolute Gasteiger partial charge is 0.396 e. The number of nitrogens with zero attached hydrogens (tertiary/aromatic N) is 1. The number of sulfonamides is 1. The fraction of sp³-hybridized carbons (Fsp3) is 1.00. The van der Waals surface area contributed by atoms with Gasteiger partial charge in [-0.3, -0.25) is 0 Å². The second kappa shape index (κ2) is 4.66. The van der Waals surface area contributed by atoms with Crippen molar-refractivity contribution in [2.75, 3.05) is 26.5 Å². The van der Waals surface area contributed by atoms with Gasteiger partial charge in [-0.15, -0.1) is 4.83 Å². The lowest BCUT2D eigenvalue weighted by Crippen LogP contribution is -2.37. The second-order valence-electron chi connectivity index (χ2n) is 2.38. The lowest BCUT2D eigenvalue weighted by Gasteiger charge is -2.11. The molecule has 0 spiro atoms. The topological polar surface area (TPSA) is 69.6 Å². The van der Waals surface area contributed by atoms with Crippen LogP contribution in [0.4, 0.5) is 0 Å². The maximum absolute atomic E-state index is 10.9. The fourth-order valence-corrected chi connectivity index (χ4v) is 1.74. The highest BCUT2D eigenvalue weighted by Gasteiger charge is 2.08. The van der Waals surface area contributed by atoms with Gasteiger partial charge >= 0.3 is 0 Å². The number of rotatable bonds is 5. The lowest BCUT2D eigenvalue weighted by molar-refractivity contribution is 0.294. The van der Waals surface area contributed by atoms with E-state index in [4.69, 9.17) is 5.11 Å². The Hall–Kier alpha value is -0.170. The van der Waals surface area contributed by atoms with E-state index in [2.05, 4.69) is 4.83 Å². The summed E-state index contributed by atoms with van der Waals surface area (Å²) in [5, 5.41) is 9.71. The molecule has 0 fully saturated rings. The van der Waals surface area contributed by atoms with Crippen LogP contribution in [-0.4, -0.2) is 45.0 Å². The van der Waals surface area contributed by atoms with Crippen molar-refractivity contribution >= 4 is 10.0 Å². The van der Waals surface area contributed by atoms with E-state index in [1.165, 1.54) is 5.01 Å². The molecule has 0 saturated carbocycles. The van der Waals surface area contributed by atoms with E-state index in [0.29, 0.717) is 0 Å². The fourth-order valence-electron chi connectivity index (χ4n) is 0.578. The second-order valence-corrected chi connectivity index (χ2v) is 4.20. The molecule has 0 heterocycles. The van der Waals surface area contributed by atoms with Crippen LogP contribution in [0.5, 0.6) is 0 Å². The number of hydrazine groups is 1. The molecule has 0 aromatic carbocycles. The van der Waals surface area contributed by atoms with Gasteiger partial charge in [-0.2, -0.15) is 0 Å². The van der Waals surface area contributed by atoms with E-state index in [-0.39, 0.29) is 18.8 Å². The van der Waals surface area contributed by atoms with E-state index in [1.54, 1.807) is 14.1 Å². The molecule has 0 radical (unpaired) electrons. The summed E-state index contributed by atoms with van der Waals surface area (Å²) in [6, 6.07) is 0. The van der Waals surface area contributed by atoms with E-state index >= 15 is 0 Å². The summed E-state index contributed by atoms with van der Waals surface area (Å²) in [6.45, 7) is -0.103. The molecule has 0 saturated heterocycles. The number of aliphatic hydroxyl groups excluding tert-OH is 1. The molecule has 2 N–H and O–H groups in total. The van der Waals surface area contributed by atoms with E-state index in [1.807, 2.05) is 0 Å². The smallest absolute Gasteiger partial charge is 0.224 e. The zero-order chi connectivity index (χ0) is 8.91. The zero-order valence-corrected chi connectivity index (χ0v) is 7.56. The Bertz CT molecular complexity index is 188. The van der Waals surface area contributed by atoms with Gasteiger partial charge in [-0.1, -0.05) is 0 Å². The molecule has 11 heavy (non-hydrogen) atoms. The van der Waals surface area contributed by atoms with Crippen molar-refractivity contribution in [2.45, 2.75) is 6.42 Å². The summed E-state index contributed by atoms with van der Waals surface area (Å²) in [6.07, 6.45) is 0.267. The van der Waals surface area contributed by atoms with Crippen molar-refractivity contribution in [3.05, 3.63) is 0 Å². The van der Waals surface area contributed by atoms with Crippen molar-refractivity contribution in [1.82, 2.24) is 9.84 Å². The van der Waals surface area contributed by atoms with Gasteiger partial charge in [-0.25, -0.2) is 13.4 Å². The van der Waals surface area contributed by atoms with Gasteiger partial charge in [0, 0.05) is 20.7 Å². The van der Waals surface area contributed by atoms with Crippen molar-refractivity contribution in [3.63, 3.8) is 0 Å². The quantitative estimate of drug-likeness (QED) is 0.522. The highest BCUT2D eigenvalue weighted by atomic mass is 32.2. The third-order valence-corrected chi connectivity index (χ3v) is 2.36. The standard InChI is InChI=1S/C5H14N2O3S/c1-7(2)6-11(9,10)5-3-4-8/h6,8H,3-5H2,1-2H3. The predicted molar refractivity (Wildman–Crippen MR) is 42.3 cm³/mol. The van der Waals surface area contributed by atoms with Crippen LogP contribution >= 0.6 is 0 Å². The Kier molecular flexibility index (Phi) is 4.58. The van der Waals surface area contributed by atoms with Crippen LogP contribution in [-0.2, 0) is 10.0 Å². The van der Waals surface area contributed by atoms with Gasteiger partial charge in [-0.05, 0) is 6.42 Å². The average Bonchev–Trinajstić information content (AvgIpc) is 1.81. The summed E-state index contributed by atoms with van der Waals surface area (Å²) in [7, 11) is -0.0396. The van der Waals surface area contributed by atoms with E-state index in [9.17, 15) is 8.42 Å². The summed E-state index contributed by atoms with van der Waals surface area (Å²) >= 11 is 0. The van der Waals surface area contributed by atoms with Crippen molar-refractivity contribution in [2.24, 2.45) is 0 Å². The van der Waals surface area contributed by atoms with Crippen molar-refractivity contribution in [3.8, 4) is 0 Å². The number of aliphatic hydroxyl groups is 1. The summed E-state index contributed by atoms with van der Waals surface area (Å²) in [5.41, 5.74) is 0. The normalized spacial score (nSPS) is 12.4. The Morgan fingerprint density at radius 1 is 1.45 bits per heavy atom. The first-order valence-electron chi connectivity index (χ1n) is 3.26. The minimum atomic E-state index is -3.23. The van der Waals surface area contributed by atoms with Crippen LogP contribution in [0.15, 0.2) is 0 Å². The Labute approximate surface area is 67.0 Å². The highest BCUT2D eigenvalue weighted by molar-refractivity contribution is 7.89. The molecule has 0 atom stereocenters. The first-order chi connectivity index (χ1) is 4.98. The molecule has 6 heteroatoms. The first kappa shape index (κ1) is 10.8. The van der Waals surface area contributed by atoms with Gasteiger partial charge < -0.3 is 5.11 Å². The van der Waals surface area contributed by atoms with Crippen LogP contribution in [0, 0.1) is 0 Å². The van der Waals surface area contributed by atoms with Gasteiger partial charge in [0.2, 0.25) is 10.0 Å². The third kappa shape index (κ3) is 6.24. The van der Waals surface area contributed by atoms with Gasteiger partial charge in [0.05, 0.1) is 5.75 Å². The molecule has 0 aliphatic heterocycles. The zero-order valence-electron chi connectivity index (χ0n) is 6.74. The Morgan fingerprint density at radius 2 is 2.00 bits per heavy atom. The van der Waals surface area contributed by atoms with E-state index < -0.39 is 10.0 Å². The molecular weight excluding hydrogens is 168 g/mol. The average molecular weight is 182 g/mol. The molecule has 68 valence electrons. The number of hydrogen-bond donors (Lipinski definition) is 2. The first-order valence-corrected chi connectivity index (χ1v) is 4.91. The molecule has 5 nitrogen and oxygen atoms in total. The maximum Gasteiger partial charge on any atom is 0.224 e. The molecule has 0 aliphatic rings. The van der Waals surface area contributed by atoms with Crippen molar-refractivity contribution < 1.29 is 13.5 Å². The summed E-state index contributed by atoms with van der Waals surface area (Å²) in [4.78, 5) is 2.25. The van der Waals surface area contributed by atoms with Crippen LogP contribution in [0.25, 0.3) is 0 Å². The number of hydrogen-bond acceptors (Lipinski definition) is 4. The van der Waals surface area contributed by atoms with Crippen LogP contribution in [0.1, 0.15) is 6.42 Å². The van der Waals surface area contributed by atoms with Crippen LogP contribution < -0.4 is 4.83 Å². The lowest BCUT2D eigenvalue weighted by atomic mass is 10.5. The monoisotopic (exact) mass is 182 g/mol. The number of nitrogens with one attached hydrogen (secondary N) is 1. The third-order valence-electron chi connectivity index (χ3n) is 0.893. The molecule has 0 rings (SSSR count). The Balaban J connectivity index is 3.82. The minimum absolute atomic E-state index is 0.0400. The molecule has 0 amide bonds. The van der Waals surface area contributed by atoms with Crippen LogP contribution in [0.2, 0.25) is 0 Å². The molecular formula is C5H14N2O3S. The summed E-state index contributed by atoms with van der Waals surface area (Å²) in [5.74, 6) is -0.0400. The minimum Gasteiger partial charge on any atom is -0.396 e. The van der Waals surface area contributed by atoms with Crippen LogP contribution in [0.3, 0.4) is 0 Å². The molecule has 0 aliphatic carbocycles. The maximum atomic E-state index is 10.9. The Morgan fingerprint density at radius 3 is 2.36 bits per heavy atom. The van der Waals surface area contributed by atoms with Crippen molar-refractivity contribution in [1.29, 1.82) is 0 Å². The molecule has 0 bridgehead atoms. The predicted octanol–water partition coefficient (Wildman–Crippen LogP) is -1.24. The molecule has 0 unspecified atom stereocenters. The van der Waals surface area contributed by atoms with Gasteiger partial charge in [0.1, 0.15) is 0 Å². The van der Waals surface area contributed by atoms with E-state index in [0.717, 1.165) is 0 Å². The summed E-state index contributed by atoms with van der Waals surface area (Å²) < 4.78 is 21.9. The van der Waals surface area contributed by atoms with Gasteiger partial charge in [0.15, 0.2) is 0 Å². The highest BCUT2D eigenvalue weighted by Crippen LogP contribution is 1.88. The SMILES string of the molecule is CN(C)NS(=O)(=O)CCCO.